The molecule has 0 aromatic rings. The number of allylic oxidation sites excluding steroid dienone is 2. The summed E-state index contributed by atoms with van der Waals surface area (Å²) in [6.45, 7) is 2.95. The largest absolute Gasteiger partial charge is 0.479 e. The maximum absolute atomic E-state index is 11.8. The number of carboxylic acid groups (broad SMARTS) is 1. The summed E-state index contributed by atoms with van der Waals surface area (Å²) in [5.74, 6) is -1.53. The zero-order chi connectivity index (χ0) is 20.4. The molecule has 5 nitrogen and oxygen atoms in total. The van der Waals surface area contributed by atoms with Crippen molar-refractivity contribution < 1.29 is 19.8 Å². The van der Waals surface area contributed by atoms with Crippen molar-refractivity contribution in [1.29, 1.82) is 0 Å². The minimum Gasteiger partial charge on any atom is -0.479 e. The van der Waals surface area contributed by atoms with Crippen LogP contribution in [-0.2, 0) is 9.59 Å². The molecular weight excluding hydrogens is 342 g/mol. The molecule has 3 N–H and O–H groups in total. The van der Waals surface area contributed by atoms with Crippen LogP contribution in [0.15, 0.2) is 12.2 Å². The third-order valence-corrected chi connectivity index (χ3v) is 4.87. The molecule has 1 amide bonds. The standard InChI is InChI=1S/C22H41NO4/c1-3-4-5-6-7-8-9-10-11-12-13-14-15-16-17-18-20(25)23-22(2,19-24)21(26)27/h10-11,24H,3-9,12-19H2,1-2H3,(H,23,25)(H,26,27)/b11-10-/t22-/m0/s1. The van der Waals surface area contributed by atoms with Gasteiger partial charge in [0.1, 0.15) is 0 Å². The van der Waals surface area contributed by atoms with Crippen molar-refractivity contribution in [2.45, 2.75) is 109 Å². The van der Waals surface area contributed by atoms with Crippen molar-refractivity contribution in [3.05, 3.63) is 12.2 Å². The minimum atomic E-state index is -1.58. The Hall–Kier alpha value is -1.36. The summed E-state index contributed by atoms with van der Waals surface area (Å²) in [7, 11) is 0. The van der Waals surface area contributed by atoms with Gasteiger partial charge in [0.25, 0.3) is 0 Å². The summed E-state index contributed by atoms with van der Waals surface area (Å²) in [4.78, 5) is 22.8. The van der Waals surface area contributed by atoms with Crippen molar-refractivity contribution >= 4 is 11.9 Å². The lowest BCUT2D eigenvalue weighted by atomic mass is 10.0. The van der Waals surface area contributed by atoms with Crippen LogP contribution in [-0.4, -0.2) is 34.2 Å². The van der Waals surface area contributed by atoms with Crippen molar-refractivity contribution in [2.75, 3.05) is 6.61 Å². The van der Waals surface area contributed by atoms with E-state index in [0.29, 0.717) is 6.42 Å². The second kappa shape index (κ2) is 16.8. The first kappa shape index (κ1) is 25.6. The molecule has 27 heavy (non-hydrogen) atoms. The van der Waals surface area contributed by atoms with Gasteiger partial charge in [-0.15, -0.1) is 0 Å². The number of carbonyl (C=O) groups is 2. The zero-order valence-corrected chi connectivity index (χ0v) is 17.5. The first-order valence-corrected chi connectivity index (χ1v) is 10.8. The van der Waals surface area contributed by atoms with Gasteiger partial charge in [-0.2, -0.15) is 0 Å². The van der Waals surface area contributed by atoms with Crippen LogP contribution >= 0.6 is 0 Å². The maximum Gasteiger partial charge on any atom is 0.331 e. The highest BCUT2D eigenvalue weighted by molar-refractivity contribution is 5.86. The fourth-order valence-electron chi connectivity index (χ4n) is 2.89. The molecule has 158 valence electrons. The van der Waals surface area contributed by atoms with Gasteiger partial charge in [-0.25, -0.2) is 4.79 Å². The Morgan fingerprint density at radius 1 is 0.852 bits per heavy atom. The van der Waals surface area contributed by atoms with Crippen LogP contribution < -0.4 is 5.32 Å². The average Bonchev–Trinajstić information content (AvgIpc) is 2.64. The smallest absolute Gasteiger partial charge is 0.331 e. The lowest BCUT2D eigenvalue weighted by Crippen LogP contribution is -2.54. The van der Waals surface area contributed by atoms with Crippen LogP contribution in [0.5, 0.6) is 0 Å². The van der Waals surface area contributed by atoms with Crippen LogP contribution in [0.1, 0.15) is 104 Å². The number of aliphatic hydroxyl groups excluding tert-OH is 1. The fourth-order valence-corrected chi connectivity index (χ4v) is 2.89. The van der Waals surface area contributed by atoms with E-state index in [0.717, 1.165) is 32.1 Å². The summed E-state index contributed by atoms with van der Waals surface area (Å²) in [6.07, 6.45) is 20.5. The number of unbranched alkanes of at least 4 members (excludes halogenated alkanes) is 11. The van der Waals surface area contributed by atoms with E-state index in [4.69, 9.17) is 10.2 Å². The predicted molar refractivity (Wildman–Crippen MR) is 111 cm³/mol. The van der Waals surface area contributed by atoms with Crippen LogP contribution in [0.2, 0.25) is 0 Å². The summed E-state index contributed by atoms with van der Waals surface area (Å²) >= 11 is 0. The van der Waals surface area contributed by atoms with E-state index >= 15 is 0 Å². The van der Waals surface area contributed by atoms with Gasteiger partial charge in [0.2, 0.25) is 5.91 Å². The van der Waals surface area contributed by atoms with Gasteiger partial charge in [-0.3, -0.25) is 4.79 Å². The summed E-state index contributed by atoms with van der Waals surface area (Å²) in [6, 6.07) is 0. The lowest BCUT2D eigenvalue weighted by molar-refractivity contribution is -0.148. The van der Waals surface area contributed by atoms with Crippen molar-refractivity contribution in [3.63, 3.8) is 0 Å². The number of aliphatic hydroxyl groups is 1. The third kappa shape index (κ3) is 14.4. The molecule has 0 saturated carbocycles. The highest BCUT2D eigenvalue weighted by Gasteiger charge is 2.33. The van der Waals surface area contributed by atoms with Gasteiger partial charge >= 0.3 is 5.97 Å². The molecule has 0 fully saturated rings. The van der Waals surface area contributed by atoms with E-state index in [2.05, 4.69) is 24.4 Å². The van der Waals surface area contributed by atoms with E-state index < -0.39 is 18.1 Å². The van der Waals surface area contributed by atoms with E-state index in [1.165, 1.54) is 58.3 Å². The molecular formula is C22H41NO4. The van der Waals surface area contributed by atoms with Gasteiger partial charge in [0, 0.05) is 6.42 Å². The molecule has 0 rings (SSSR count). The quantitative estimate of drug-likeness (QED) is 0.230. The topological polar surface area (TPSA) is 86.6 Å². The zero-order valence-electron chi connectivity index (χ0n) is 17.5. The first-order chi connectivity index (χ1) is 13.0. The predicted octanol–water partition coefficient (Wildman–Crippen LogP) is 4.98. The number of carbonyl (C=O) groups excluding carboxylic acids is 1. The number of carboxylic acids is 1. The Morgan fingerprint density at radius 3 is 1.81 bits per heavy atom. The molecule has 5 heteroatoms. The molecule has 0 aromatic heterocycles. The van der Waals surface area contributed by atoms with E-state index in [9.17, 15) is 9.59 Å². The van der Waals surface area contributed by atoms with Gasteiger partial charge in [-0.05, 0) is 39.0 Å². The molecule has 1 atom stereocenters. The van der Waals surface area contributed by atoms with E-state index in [-0.39, 0.29) is 5.91 Å². The van der Waals surface area contributed by atoms with Gasteiger partial charge in [0.05, 0.1) is 6.61 Å². The number of amides is 1. The Kier molecular flexibility index (Phi) is 15.9. The number of rotatable bonds is 18. The number of nitrogens with one attached hydrogen (secondary N) is 1. The van der Waals surface area contributed by atoms with Crippen LogP contribution in [0.3, 0.4) is 0 Å². The molecule has 0 aliphatic rings. The number of hydrogen-bond donors (Lipinski definition) is 3. The highest BCUT2D eigenvalue weighted by atomic mass is 16.4. The molecule has 0 aromatic carbocycles. The molecule has 0 radical (unpaired) electrons. The third-order valence-electron chi connectivity index (χ3n) is 4.87. The summed E-state index contributed by atoms with van der Waals surface area (Å²) in [5.41, 5.74) is -1.58. The average molecular weight is 384 g/mol. The van der Waals surface area contributed by atoms with Crippen LogP contribution in [0.25, 0.3) is 0 Å². The van der Waals surface area contributed by atoms with Gasteiger partial charge in [0.15, 0.2) is 5.54 Å². The molecule has 0 unspecified atom stereocenters. The monoisotopic (exact) mass is 383 g/mol. The Labute approximate surface area is 165 Å². The summed E-state index contributed by atoms with van der Waals surface area (Å²) < 4.78 is 0. The normalized spacial score (nSPS) is 13.6. The molecule has 0 spiro atoms. The molecule has 0 heterocycles. The SMILES string of the molecule is CCCCCCCC/C=C\CCCCCCCC(=O)N[C@@](C)(CO)C(=O)O. The minimum absolute atomic E-state index is 0.307. The van der Waals surface area contributed by atoms with E-state index in [1.54, 1.807) is 0 Å². The molecule has 0 bridgehead atoms. The Bertz CT molecular complexity index is 423. The molecule has 0 aliphatic carbocycles. The molecule has 0 aliphatic heterocycles. The second-order valence-corrected chi connectivity index (χ2v) is 7.68. The van der Waals surface area contributed by atoms with E-state index in [1.807, 2.05) is 0 Å². The second-order valence-electron chi connectivity index (χ2n) is 7.68. The van der Waals surface area contributed by atoms with Crippen LogP contribution in [0, 0.1) is 0 Å². The molecule has 0 saturated heterocycles. The fraction of sp³-hybridized carbons (Fsp3) is 0.818. The Balaban J connectivity index is 3.48. The van der Waals surface area contributed by atoms with Crippen molar-refractivity contribution in [2.24, 2.45) is 0 Å². The number of hydrogen-bond acceptors (Lipinski definition) is 3. The summed E-state index contributed by atoms with van der Waals surface area (Å²) in [5, 5.41) is 20.5. The van der Waals surface area contributed by atoms with Crippen molar-refractivity contribution in [3.8, 4) is 0 Å². The lowest BCUT2D eigenvalue weighted by Gasteiger charge is -2.23. The maximum atomic E-state index is 11.8. The Morgan fingerprint density at radius 2 is 1.33 bits per heavy atom. The first-order valence-electron chi connectivity index (χ1n) is 10.8. The number of aliphatic carboxylic acids is 1. The van der Waals surface area contributed by atoms with Gasteiger partial charge in [-0.1, -0.05) is 70.4 Å². The van der Waals surface area contributed by atoms with Crippen molar-refractivity contribution in [1.82, 2.24) is 5.32 Å². The highest BCUT2D eigenvalue weighted by Crippen LogP contribution is 2.10. The van der Waals surface area contributed by atoms with Gasteiger partial charge < -0.3 is 15.5 Å². The van der Waals surface area contributed by atoms with Crippen LogP contribution in [0.4, 0.5) is 0 Å².